The van der Waals surface area contributed by atoms with Crippen molar-refractivity contribution < 1.29 is 4.79 Å². The Labute approximate surface area is 101 Å². The summed E-state index contributed by atoms with van der Waals surface area (Å²) in [7, 11) is 0. The first-order chi connectivity index (χ1) is 7.90. The third-order valence-electron chi connectivity index (χ3n) is 2.93. The largest absolute Gasteiger partial charge is 0.397 e. The van der Waals surface area contributed by atoms with E-state index in [0.29, 0.717) is 16.9 Å². The second kappa shape index (κ2) is 4.88. The van der Waals surface area contributed by atoms with Gasteiger partial charge in [0.25, 0.3) is 0 Å². The van der Waals surface area contributed by atoms with Gasteiger partial charge in [0.05, 0.1) is 23.0 Å². The Hall–Kier alpha value is -2.02. The maximum absolute atomic E-state index is 11.9. The van der Waals surface area contributed by atoms with Gasteiger partial charge < -0.3 is 11.1 Å². The van der Waals surface area contributed by atoms with Crippen LogP contribution in [-0.4, -0.2) is 5.91 Å². The zero-order valence-electron chi connectivity index (χ0n) is 10.4. The smallest absolute Gasteiger partial charge is 0.230 e. The molecule has 0 spiro atoms. The minimum atomic E-state index is -0.430. The molecule has 0 atom stereocenters. The van der Waals surface area contributed by atoms with E-state index in [0.717, 1.165) is 6.42 Å². The van der Waals surface area contributed by atoms with E-state index in [1.807, 2.05) is 26.8 Å². The summed E-state index contributed by atoms with van der Waals surface area (Å²) in [6.07, 6.45) is 0.745. The van der Waals surface area contributed by atoms with Crippen LogP contribution in [0.1, 0.15) is 32.8 Å². The third kappa shape index (κ3) is 2.97. The van der Waals surface area contributed by atoms with Crippen molar-refractivity contribution in [2.45, 2.75) is 27.2 Å². The molecule has 0 radical (unpaired) electrons. The molecule has 0 aliphatic rings. The van der Waals surface area contributed by atoms with Gasteiger partial charge in [-0.15, -0.1) is 0 Å². The van der Waals surface area contributed by atoms with Crippen LogP contribution in [0.5, 0.6) is 0 Å². The van der Waals surface area contributed by atoms with Crippen LogP contribution in [0.3, 0.4) is 0 Å². The number of hydrogen-bond acceptors (Lipinski definition) is 3. The van der Waals surface area contributed by atoms with Gasteiger partial charge >= 0.3 is 0 Å². The zero-order chi connectivity index (χ0) is 13.1. The summed E-state index contributed by atoms with van der Waals surface area (Å²) < 4.78 is 0. The fourth-order valence-corrected chi connectivity index (χ4v) is 1.20. The molecular weight excluding hydrogens is 214 g/mol. The molecule has 0 heterocycles. The van der Waals surface area contributed by atoms with Crippen molar-refractivity contribution in [3.05, 3.63) is 23.8 Å². The van der Waals surface area contributed by atoms with E-state index in [9.17, 15) is 4.79 Å². The molecule has 0 fully saturated rings. The molecule has 1 amide bonds. The molecule has 4 nitrogen and oxygen atoms in total. The normalized spacial score (nSPS) is 10.7. The number of nitrogens with two attached hydrogens (primary N) is 1. The van der Waals surface area contributed by atoms with Gasteiger partial charge in [-0.05, 0) is 24.6 Å². The molecule has 1 rings (SSSR count). The van der Waals surface area contributed by atoms with Crippen LogP contribution in [0, 0.1) is 16.7 Å². The second-order valence-corrected chi connectivity index (χ2v) is 4.61. The Morgan fingerprint density at radius 1 is 1.53 bits per heavy atom. The summed E-state index contributed by atoms with van der Waals surface area (Å²) in [6, 6.07) is 6.83. The Morgan fingerprint density at radius 2 is 2.18 bits per heavy atom. The van der Waals surface area contributed by atoms with Crippen LogP contribution in [0.25, 0.3) is 0 Å². The van der Waals surface area contributed by atoms with E-state index in [4.69, 9.17) is 11.0 Å². The van der Waals surface area contributed by atoms with E-state index in [2.05, 4.69) is 5.32 Å². The standard InChI is InChI=1S/C13H17N3O/c1-4-13(2,3)12(17)16-11-6-5-9(8-14)7-10(11)15/h5-7H,4,15H2,1-3H3,(H,16,17). The molecule has 17 heavy (non-hydrogen) atoms. The maximum Gasteiger partial charge on any atom is 0.230 e. The molecule has 4 heteroatoms. The van der Waals surface area contributed by atoms with E-state index >= 15 is 0 Å². The second-order valence-electron chi connectivity index (χ2n) is 4.61. The quantitative estimate of drug-likeness (QED) is 0.784. The molecule has 0 bridgehead atoms. The summed E-state index contributed by atoms with van der Waals surface area (Å²) >= 11 is 0. The van der Waals surface area contributed by atoms with Gasteiger partial charge in [-0.1, -0.05) is 20.8 Å². The van der Waals surface area contributed by atoms with Crippen molar-refractivity contribution in [2.24, 2.45) is 5.41 Å². The number of benzene rings is 1. The number of nitrogen functional groups attached to an aromatic ring is 1. The number of nitrogens with zero attached hydrogens (tertiary/aromatic N) is 1. The Kier molecular flexibility index (Phi) is 3.74. The summed E-state index contributed by atoms with van der Waals surface area (Å²) in [5.74, 6) is -0.0728. The predicted molar refractivity (Wildman–Crippen MR) is 68.3 cm³/mol. The molecule has 0 aliphatic carbocycles. The molecule has 0 aliphatic heterocycles. The van der Waals surface area contributed by atoms with Crippen molar-refractivity contribution in [3.8, 4) is 6.07 Å². The summed E-state index contributed by atoms with van der Waals surface area (Å²) in [5.41, 5.74) is 6.77. The summed E-state index contributed by atoms with van der Waals surface area (Å²) in [4.78, 5) is 11.9. The monoisotopic (exact) mass is 231 g/mol. The highest BCUT2D eigenvalue weighted by Crippen LogP contribution is 2.25. The lowest BCUT2D eigenvalue weighted by atomic mass is 9.89. The molecule has 1 aromatic rings. The third-order valence-corrected chi connectivity index (χ3v) is 2.93. The van der Waals surface area contributed by atoms with Gasteiger partial charge in [-0.3, -0.25) is 4.79 Å². The summed E-state index contributed by atoms with van der Waals surface area (Å²) in [6.45, 7) is 5.71. The van der Waals surface area contributed by atoms with E-state index < -0.39 is 5.41 Å². The first-order valence-corrected chi connectivity index (χ1v) is 5.52. The Morgan fingerprint density at radius 3 is 2.65 bits per heavy atom. The van der Waals surface area contributed by atoms with Gasteiger partial charge in [-0.25, -0.2) is 0 Å². The van der Waals surface area contributed by atoms with Gasteiger partial charge in [0.2, 0.25) is 5.91 Å². The molecule has 90 valence electrons. The molecule has 1 aromatic carbocycles. The zero-order valence-corrected chi connectivity index (χ0v) is 10.4. The highest BCUT2D eigenvalue weighted by molar-refractivity contribution is 5.97. The van der Waals surface area contributed by atoms with Crippen LogP contribution in [0.15, 0.2) is 18.2 Å². The van der Waals surface area contributed by atoms with Gasteiger partial charge in [0.15, 0.2) is 0 Å². The van der Waals surface area contributed by atoms with E-state index in [-0.39, 0.29) is 5.91 Å². The van der Waals surface area contributed by atoms with Crippen molar-refractivity contribution in [1.29, 1.82) is 5.26 Å². The Bertz CT molecular complexity index is 472. The SMILES string of the molecule is CCC(C)(C)C(=O)Nc1ccc(C#N)cc1N. The molecule has 3 N–H and O–H groups in total. The minimum Gasteiger partial charge on any atom is -0.397 e. The maximum atomic E-state index is 11.9. The van der Waals surface area contributed by atoms with Gasteiger partial charge in [-0.2, -0.15) is 5.26 Å². The number of nitriles is 1. The highest BCUT2D eigenvalue weighted by Gasteiger charge is 2.25. The van der Waals surface area contributed by atoms with Gasteiger partial charge in [0.1, 0.15) is 0 Å². The average Bonchev–Trinajstić information content (AvgIpc) is 2.31. The van der Waals surface area contributed by atoms with Gasteiger partial charge in [0, 0.05) is 5.41 Å². The molecule has 0 unspecified atom stereocenters. The molecule has 0 aromatic heterocycles. The van der Waals surface area contributed by atoms with Crippen molar-refractivity contribution in [1.82, 2.24) is 0 Å². The van der Waals surface area contributed by atoms with Crippen LogP contribution < -0.4 is 11.1 Å². The Balaban J connectivity index is 2.91. The number of carbonyl (C=O) groups excluding carboxylic acids is 1. The summed E-state index contributed by atoms with van der Waals surface area (Å²) in [5, 5.41) is 11.5. The van der Waals surface area contributed by atoms with Crippen LogP contribution in [0.4, 0.5) is 11.4 Å². The number of carbonyl (C=O) groups is 1. The lowest BCUT2D eigenvalue weighted by Crippen LogP contribution is -2.30. The molecular formula is C13H17N3O. The number of nitrogens with one attached hydrogen (secondary N) is 1. The lowest BCUT2D eigenvalue weighted by Gasteiger charge is -2.22. The minimum absolute atomic E-state index is 0.0728. The van der Waals surface area contributed by atoms with Crippen molar-refractivity contribution >= 4 is 17.3 Å². The number of amides is 1. The topological polar surface area (TPSA) is 78.9 Å². The van der Waals surface area contributed by atoms with Crippen LogP contribution in [-0.2, 0) is 4.79 Å². The van der Waals surface area contributed by atoms with Crippen LogP contribution in [0.2, 0.25) is 0 Å². The number of anilines is 2. The number of hydrogen-bond donors (Lipinski definition) is 2. The van der Waals surface area contributed by atoms with E-state index in [1.54, 1.807) is 18.2 Å². The van der Waals surface area contributed by atoms with Crippen molar-refractivity contribution in [3.63, 3.8) is 0 Å². The number of rotatable bonds is 3. The fourth-order valence-electron chi connectivity index (χ4n) is 1.20. The lowest BCUT2D eigenvalue weighted by molar-refractivity contribution is -0.124. The van der Waals surface area contributed by atoms with E-state index in [1.165, 1.54) is 0 Å². The first kappa shape index (κ1) is 13.0. The highest BCUT2D eigenvalue weighted by atomic mass is 16.2. The predicted octanol–water partition coefficient (Wildman–Crippen LogP) is 2.52. The fraction of sp³-hybridized carbons (Fsp3) is 0.385. The average molecular weight is 231 g/mol. The molecule has 0 saturated heterocycles. The first-order valence-electron chi connectivity index (χ1n) is 5.52. The van der Waals surface area contributed by atoms with Crippen molar-refractivity contribution in [2.75, 3.05) is 11.1 Å². The molecule has 0 saturated carbocycles. The van der Waals surface area contributed by atoms with Crippen LogP contribution >= 0.6 is 0 Å².